The Kier molecular flexibility index (Phi) is 2.29. The van der Waals surface area contributed by atoms with Crippen LogP contribution in [0.3, 0.4) is 0 Å². The highest BCUT2D eigenvalue weighted by molar-refractivity contribution is 5.96. The van der Waals surface area contributed by atoms with E-state index in [2.05, 4.69) is 46.1 Å². The lowest BCUT2D eigenvalue weighted by Gasteiger charge is -2.07. The number of rotatable bonds is 1. The Morgan fingerprint density at radius 3 is 2.29 bits per heavy atom. The Bertz CT molecular complexity index is 663. The highest BCUT2D eigenvalue weighted by atomic mass is 15.0. The molecule has 3 aromatic rings. The van der Waals surface area contributed by atoms with Crippen LogP contribution in [-0.4, -0.2) is 15.0 Å². The fourth-order valence-electron chi connectivity index (χ4n) is 2.02. The lowest BCUT2D eigenvalue weighted by atomic mass is 10.00. The van der Waals surface area contributed by atoms with Gasteiger partial charge in [0.15, 0.2) is 5.82 Å². The highest BCUT2D eigenvalue weighted by Gasteiger charge is 2.06. The van der Waals surface area contributed by atoms with E-state index < -0.39 is 0 Å². The van der Waals surface area contributed by atoms with Gasteiger partial charge in [0, 0.05) is 5.56 Å². The number of aryl methyl sites for hydroxylation is 1. The van der Waals surface area contributed by atoms with E-state index in [1.165, 1.54) is 29.0 Å². The first-order chi connectivity index (χ1) is 8.36. The molecule has 0 unspecified atom stereocenters. The van der Waals surface area contributed by atoms with Gasteiger partial charge >= 0.3 is 0 Å². The molecule has 17 heavy (non-hydrogen) atoms. The molecule has 0 atom stereocenters. The van der Waals surface area contributed by atoms with Crippen LogP contribution >= 0.6 is 0 Å². The van der Waals surface area contributed by atoms with Crippen molar-refractivity contribution in [2.24, 2.45) is 0 Å². The SMILES string of the molecule is Cc1ccc(-c2ncncn2)c2ccccc12. The summed E-state index contributed by atoms with van der Waals surface area (Å²) >= 11 is 0. The van der Waals surface area contributed by atoms with Crippen molar-refractivity contribution in [3.63, 3.8) is 0 Å². The Balaban J connectivity index is 2.35. The fraction of sp³-hybridized carbons (Fsp3) is 0.0714. The summed E-state index contributed by atoms with van der Waals surface area (Å²) in [7, 11) is 0. The summed E-state index contributed by atoms with van der Waals surface area (Å²) in [6.07, 6.45) is 3.05. The van der Waals surface area contributed by atoms with Gasteiger partial charge in [0.25, 0.3) is 0 Å². The van der Waals surface area contributed by atoms with Gasteiger partial charge < -0.3 is 0 Å². The number of hydrogen-bond acceptors (Lipinski definition) is 3. The molecule has 0 saturated heterocycles. The van der Waals surface area contributed by atoms with E-state index in [1.807, 2.05) is 12.1 Å². The maximum Gasteiger partial charge on any atom is 0.163 e. The van der Waals surface area contributed by atoms with Gasteiger partial charge in [0.05, 0.1) is 0 Å². The maximum atomic E-state index is 4.21. The minimum absolute atomic E-state index is 0.719. The molecule has 3 rings (SSSR count). The molecule has 1 aromatic heterocycles. The smallest absolute Gasteiger partial charge is 0.163 e. The van der Waals surface area contributed by atoms with Crippen LogP contribution in [0, 0.1) is 6.92 Å². The number of nitrogens with zero attached hydrogens (tertiary/aromatic N) is 3. The van der Waals surface area contributed by atoms with E-state index in [0.717, 1.165) is 11.4 Å². The minimum atomic E-state index is 0.719. The van der Waals surface area contributed by atoms with Crippen molar-refractivity contribution in [2.45, 2.75) is 6.92 Å². The van der Waals surface area contributed by atoms with E-state index in [0.29, 0.717) is 0 Å². The topological polar surface area (TPSA) is 38.7 Å². The van der Waals surface area contributed by atoms with Crippen LogP contribution in [0.15, 0.2) is 49.1 Å². The normalized spacial score (nSPS) is 10.6. The van der Waals surface area contributed by atoms with Crippen molar-refractivity contribution in [2.75, 3.05) is 0 Å². The van der Waals surface area contributed by atoms with Crippen molar-refractivity contribution in [3.8, 4) is 11.4 Å². The van der Waals surface area contributed by atoms with Crippen molar-refractivity contribution < 1.29 is 0 Å². The van der Waals surface area contributed by atoms with Crippen LogP contribution in [0.1, 0.15) is 5.56 Å². The first-order valence-corrected chi connectivity index (χ1v) is 5.47. The monoisotopic (exact) mass is 221 g/mol. The van der Waals surface area contributed by atoms with E-state index in [4.69, 9.17) is 0 Å². The van der Waals surface area contributed by atoms with Crippen molar-refractivity contribution in [1.29, 1.82) is 0 Å². The van der Waals surface area contributed by atoms with Gasteiger partial charge in [0.2, 0.25) is 0 Å². The zero-order valence-corrected chi connectivity index (χ0v) is 9.46. The molecule has 1 heterocycles. The molecule has 0 N–H and O–H groups in total. The largest absolute Gasteiger partial charge is 0.225 e. The molecular weight excluding hydrogens is 210 g/mol. The third-order valence-electron chi connectivity index (χ3n) is 2.88. The van der Waals surface area contributed by atoms with Crippen molar-refractivity contribution >= 4 is 10.8 Å². The van der Waals surface area contributed by atoms with Crippen LogP contribution in [-0.2, 0) is 0 Å². The first kappa shape index (κ1) is 9.90. The molecule has 0 fully saturated rings. The number of hydrogen-bond donors (Lipinski definition) is 0. The molecule has 0 radical (unpaired) electrons. The number of benzene rings is 2. The molecule has 0 aliphatic rings. The first-order valence-electron chi connectivity index (χ1n) is 5.47. The van der Waals surface area contributed by atoms with Gasteiger partial charge in [-0.2, -0.15) is 0 Å². The number of fused-ring (bicyclic) bond motifs is 1. The standard InChI is InChI=1S/C14H11N3/c1-10-6-7-13(14-16-8-15-9-17-14)12-5-3-2-4-11(10)12/h2-9H,1H3. The molecule has 3 heteroatoms. The Morgan fingerprint density at radius 2 is 1.53 bits per heavy atom. The molecule has 0 saturated carbocycles. The van der Waals surface area contributed by atoms with Crippen LogP contribution in [0.4, 0.5) is 0 Å². The molecule has 0 bridgehead atoms. The second-order valence-electron chi connectivity index (χ2n) is 3.94. The number of aromatic nitrogens is 3. The lowest BCUT2D eigenvalue weighted by Crippen LogP contribution is -1.91. The predicted molar refractivity (Wildman–Crippen MR) is 67.5 cm³/mol. The second-order valence-corrected chi connectivity index (χ2v) is 3.94. The summed E-state index contributed by atoms with van der Waals surface area (Å²) in [5, 5.41) is 2.42. The van der Waals surface area contributed by atoms with Gasteiger partial charge in [-0.05, 0) is 23.3 Å². The van der Waals surface area contributed by atoms with Crippen LogP contribution < -0.4 is 0 Å². The molecule has 0 aliphatic heterocycles. The summed E-state index contributed by atoms with van der Waals surface area (Å²) in [5.74, 6) is 0.719. The average Bonchev–Trinajstić information content (AvgIpc) is 2.41. The zero-order valence-electron chi connectivity index (χ0n) is 9.46. The van der Waals surface area contributed by atoms with Crippen LogP contribution in [0.5, 0.6) is 0 Å². The Morgan fingerprint density at radius 1 is 0.824 bits per heavy atom. The van der Waals surface area contributed by atoms with Crippen molar-refractivity contribution in [3.05, 3.63) is 54.6 Å². The quantitative estimate of drug-likeness (QED) is 0.634. The zero-order chi connectivity index (χ0) is 11.7. The molecule has 2 aromatic carbocycles. The second kappa shape index (κ2) is 3.94. The summed E-state index contributed by atoms with van der Waals surface area (Å²) in [5.41, 5.74) is 2.31. The van der Waals surface area contributed by atoms with E-state index in [1.54, 1.807) is 0 Å². The van der Waals surface area contributed by atoms with Gasteiger partial charge in [-0.25, -0.2) is 15.0 Å². The summed E-state index contributed by atoms with van der Waals surface area (Å²) in [6.45, 7) is 2.11. The molecule has 0 spiro atoms. The van der Waals surface area contributed by atoms with Crippen LogP contribution in [0.25, 0.3) is 22.2 Å². The molecule has 0 aliphatic carbocycles. The van der Waals surface area contributed by atoms with E-state index in [9.17, 15) is 0 Å². The van der Waals surface area contributed by atoms with Gasteiger partial charge in [-0.1, -0.05) is 36.4 Å². The maximum absolute atomic E-state index is 4.21. The van der Waals surface area contributed by atoms with Crippen LogP contribution in [0.2, 0.25) is 0 Å². The molecule has 82 valence electrons. The Labute approximate surface area is 99.2 Å². The average molecular weight is 221 g/mol. The van der Waals surface area contributed by atoms with Gasteiger partial charge in [-0.3, -0.25) is 0 Å². The Hall–Kier alpha value is -2.29. The van der Waals surface area contributed by atoms with E-state index in [-0.39, 0.29) is 0 Å². The van der Waals surface area contributed by atoms with Gasteiger partial charge in [-0.15, -0.1) is 0 Å². The third kappa shape index (κ3) is 1.65. The van der Waals surface area contributed by atoms with Gasteiger partial charge in [0.1, 0.15) is 12.7 Å². The lowest BCUT2D eigenvalue weighted by molar-refractivity contribution is 1.06. The van der Waals surface area contributed by atoms with E-state index >= 15 is 0 Å². The summed E-state index contributed by atoms with van der Waals surface area (Å²) < 4.78 is 0. The fourth-order valence-corrected chi connectivity index (χ4v) is 2.02. The van der Waals surface area contributed by atoms with Crippen molar-refractivity contribution in [1.82, 2.24) is 15.0 Å². The predicted octanol–water partition coefficient (Wildman–Crippen LogP) is 3.00. The summed E-state index contributed by atoms with van der Waals surface area (Å²) in [6, 6.07) is 12.5. The molecular formula is C14H11N3. The third-order valence-corrected chi connectivity index (χ3v) is 2.88. The molecule has 3 nitrogen and oxygen atoms in total. The molecule has 0 amide bonds. The summed E-state index contributed by atoms with van der Waals surface area (Å²) in [4.78, 5) is 12.3. The highest BCUT2D eigenvalue weighted by Crippen LogP contribution is 2.27. The minimum Gasteiger partial charge on any atom is -0.225 e.